The molecule has 1 rings (SSSR count). The molecule has 0 aliphatic rings. The molecule has 0 bridgehead atoms. The minimum atomic E-state index is 0.905. The lowest BCUT2D eigenvalue weighted by Crippen LogP contribution is -2.18. The summed E-state index contributed by atoms with van der Waals surface area (Å²) < 4.78 is 5.10. The molecule has 0 aliphatic carbocycles. The van der Waals surface area contributed by atoms with Crippen molar-refractivity contribution in [2.45, 2.75) is 6.42 Å². The van der Waals surface area contributed by atoms with Gasteiger partial charge in [-0.15, -0.1) is 0 Å². The molecule has 0 heterocycles. The van der Waals surface area contributed by atoms with E-state index < -0.39 is 0 Å². The molecular weight excluding hydrogens is 242 g/mol. The fourth-order valence-electron chi connectivity index (χ4n) is 1.26. The van der Waals surface area contributed by atoms with Crippen molar-refractivity contribution in [2.75, 3.05) is 30.9 Å². The third-order valence-electron chi connectivity index (χ3n) is 2.14. The zero-order valence-electron chi connectivity index (χ0n) is 8.66. The number of benzene rings is 1. The highest BCUT2D eigenvalue weighted by Gasteiger charge is 1.99. The number of halogens is 1. The fourth-order valence-corrected chi connectivity index (χ4v) is 1.51. The average molecular weight is 258 g/mol. The van der Waals surface area contributed by atoms with Crippen LogP contribution in [-0.2, 0) is 0 Å². The fraction of sp³-hybridized carbons (Fsp3) is 0.455. The Morgan fingerprint density at radius 2 is 1.93 bits per heavy atom. The average Bonchev–Trinajstić information content (AvgIpc) is 2.26. The number of hydrogen-bond acceptors (Lipinski definition) is 2. The van der Waals surface area contributed by atoms with E-state index in [9.17, 15) is 0 Å². The van der Waals surface area contributed by atoms with E-state index in [1.54, 1.807) is 7.11 Å². The second-order valence-corrected chi connectivity index (χ2v) is 3.96. The molecule has 1 aromatic carbocycles. The summed E-state index contributed by atoms with van der Waals surface area (Å²) in [6.07, 6.45) is 1.16. The lowest BCUT2D eigenvalue weighted by molar-refractivity contribution is 0.415. The molecule has 0 spiro atoms. The predicted molar refractivity (Wildman–Crippen MR) is 64.7 cm³/mol. The van der Waals surface area contributed by atoms with E-state index >= 15 is 0 Å². The van der Waals surface area contributed by atoms with E-state index in [4.69, 9.17) is 4.74 Å². The summed E-state index contributed by atoms with van der Waals surface area (Å²) in [5.74, 6) is 0.905. The molecule has 0 saturated heterocycles. The predicted octanol–water partition coefficient (Wildman–Crippen LogP) is 2.92. The number of alkyl halides is 1. The van der Waals surface area contributed by atoms with Gasteiger partial charge in [0.05, 0.1) is 7.11 Å². The molecule has 2 nitrogen and oxygen atoms in total. The summed E-state index contributed by atoms with van der Waals surface area (Å²) in [6, 6.07) is 8.13. The normalized spacial score (nSPS) is 9.93. The molecule has 0 fully saturated rings. The Bertz CT molecular complexity index is 260. The SMILES string of the molecule is COc1ccc(N(C)CCCBr)cc1. The minimum absolute atomic E-state index is 0.905. The zero-order valence-corrected chi connectivity index (χ0v) is 10.3. The first kappa shape index (κ1) is 11.4. The summed E-state index contributed by atoms with van der Waals surface area (Å²) in [7, 11) is 3.79. The quantitative estimate of drug-likeness (QED) is 0.753. The van der Waals surface area contributed by atoms with Crippen LogP contribution < -0.4 is 9.64 Å². The zero-order chi connectivity index (χ0) is 10.4. The Balaban J connectivity index is 2.57. The molecule has 1 aromatic rings. The molecule has 0 saturated carbocycles. The van der Waals surface area contributed by atoms with Crippen LogP contribution in [0.3, 0.4) is 0 Å². The van der Waals surface area contributed by atoms with Crippen molar-refractivity contribution < 1.29 is 4.74 Å². The Kier molecular flexibility index (Phi) is 4.80. The topological polar surface area (TPSA) is 12.5 Å². The third kappa shape index (κ3) is 3.22. The van der Waals surface area contributed by atoms with Gasteiger partial charge in [0, 0.05) is 24.6 Å². The Morgan fingerprint density at radius 1 is 1.29 bits per heavy atom. The largest absolute Gasteiger partial charge is 0.497 e. The molecule has 0 amide bonds. The van der Waals surface area contributed by atoms with Gasteiger partial charge in [0.2, 0.25) is 0 Å². The highest BCUT2D eigenvalue weighted by Crippen LogP contribution is 2.18. The molecule has 78 valence electrons. The van der Waals surface area contributed by atoms with E-state index in [1.807, 2.05) is 12.1 Å². The molecule has 0 aromatic heterocycles. The van der Waals surface area contributed by atoms with Gasteiger partial charge in [-0.3, -0.25) is 0 Å². The van der Waals surface area contributed by atoms with Crippen LogP contribution in [0.4, 0.5) is 5.69 Å². The number of ether oxygens (including phenoxy) is 1. The second kappa shape index (κ2) is 5.91. The van der Waals surface area contributed by atoms with Crippen LogP contribution in [0.1, 0.15) is 6.42 Å². The van der Waals surface area contributed by atoms with Crippen LogP contribution in [0.25, 0.3) is 0 Å². The summed E-state index contributed by atoms with van der Waals surface area (Å²) in [6.45, 7) is 1.07. The highest BCUT2D eigenvalue weighted by atomic mass is 79.9. The summed E-state index contributed by atoms with van der Waals surface area (Å²) in [5.41, 5.74) is 1.23. The maximum atomic E-state index is 5.10. The lowest BCUT2D eigenvalue weighted by atomic mass is 10.2. The van der Waals surface area contributed by atoms with Crippen LogP contribution >= 0.6 is 15.9 Å². The standard InChI is InChI=1S/C11H16BrNO/c1-13(9-3-8-12)10-4-6-11(14-2)7-5-10/h4-7H,3,8-9H2,1-2H3. The maximum absolute atomic E-state index is 5.10. The molecular formula is C11H16BrNO. The van der Waals surface area contributed by atoms with Crippen LogP contribution in [-0.4, -0.2) is 26.0 Å². The van der Waals surface area contributed by atoms with Crippen molar-refractivity contribution in [3.8, 4) is 5.75 Å². The Morgan fingerprint density at radius 3 is 2.43 bits per heavy atom. The monoisotopic (exact) mass is 257 g/mol. The number of methoxy groups -OCH3 is 1. The molecule has 14 heavy (non-hydrogen) atoms. The molecule has 0 radical (unpaired) electrons. The van der Waals surface area contributed by atoms with Gasteiger partial charge in [0.15, 0.2) is 0 Å². The number of anilines is 1. The maximum Gasteiger partial charge on any atom is 0.119 e. The first-order valence-electron chi connectivity index (χ1n) is 4.69. The van der Waals surface area contributed by atoms with E-state index in [1.165, 1.54) is 5.69 Å². The summed E-state index contributed by atoms with van der Waals surface area (Å²) in [5, 5.41) is 1.05. The number of nitrogens with zero attached hydrogens (tertiary/aromatic N) is 1. The smallest absolute Gasteiger partial charge is 0.119 e. The van der Waals surface area contributed by atoms with Gasteiger partial charge in [-0.25, -0.2) is 0 Å². The van der Waals surface area contributed by atoms with Crippen molar-refractivity contribution in [3.63, 3.8) is 0 Å². The first-order chi connectivity index (χ1) is 6.77. The Hall–Kier alpha value is -0.700. The third-order valence-corrected chi connectivity index (χ3v) is 2.70. The highest BCUT2D eigenvalue weighted by molar-refractivity contribution is 9.09. The van der Waals surface area contributed by atoms with Crippen LogP contribution in [0.2, 0.25) is 0 Å². The van der Waals surface area contributed by atoms with Gasteiger partial charge >= 0.3 is 0 Å². The molecule has 0 aliphatic heterocycles. The first-order valence-corrected chi connectivity index (χ1v) is 5.81. The van der Waals surface area contributed by atoms with Crippen LogP contribution in [0, 0.1) is 0 Å². The second-order valence-electron chi connectivity index (χ2n) is 3.16. The van der Waals surface area contributed by atoms with Crippen molar-refractivity contribution in [3.05, 3.63) is 24.3 Å². The van der Waals surface area contributed by atoms with Crippen molar-refractivity contribution in [1.82, 2.24) is 0 Å². The molecule has 3 heteroatoms. The van der Waals surface area contributed by atoms with Crippen molar-refractivity contribution in [1.29, 1.82) is 0 Å². The summed E-state index contributed by atoms with van der Waals surface area (Å²) >= 11 is 3.43. The summed E-state index contributed by atoms with van der Waals surface area (Å²) in [4.78, 5) is 2.24. The van der Waals surface area contributed by atoms with E-state index in [2.05, 4.69) is 40.0 Å². The van der Waals surface area contributed by atoms with Gasteiger partial charge < -0.3 is 9.64 Å². The van der Waals surface area contributed by atoms with Crippen molar-refractivity contribution >= 4 is 21.6 Å². The van der Waals surface area contributed by atoms with Gasteiger partial charge in [0.25, 0.3) is 0 Å². The van der Waals surface area contributed by atoms with Crippen molar-refractivity contribution in [2.24, 2.45) is 0 Å². The molecule has 0 unspecified atom stereocenters. The Labute approximate surface area is 94.0 Å². The van der Waals surface area contributed by atoms with Crippen LogP contribution in [0.5, 0.6) is 5.75 Å². The molecule has 0 atom stereocenters. The van der Waals surface area contributed by atoms with Crippen LogP contribution in [0.15, 0.2) is 24.3 Å². The minimum Gasteiger partial charge on any atom is -0.497 e. The van der Waals surface area contributed by atoms with E-state index in [0.29, 0.717) is 0 Å². The van der Waals surface area contributed by atoms with E-state index in [0.717, 1.165) is 24.0 Å². The van der Waals surface area contributed by atoms with Gasteiger partial charge in [-0.1, -0.05) is 15.9 Å². The number of hydrogen-bond donors (Lipinski definition) is 0. The lowest BCUT2D eigenvalue weighted by Gasteiger charge is -2.18. The number of rotatable bonds is 5. The molecule has 0 N–H and O–H groups in total. The van der Waals surface area contributed by atoms with Gasteiger partial charge in [0.1, 0.15) is 5.75 Å². The van der Waals surface area contributed by atoms with E-state index in [-0.39, 0.29) is 0 Å². The van der Waals surface area contributed by atoms with Gasteiger partial charge in [-0.2, -0.15) is 0 Å². The van der Waals surface area contributed by atoms with Gasteiger partial charge in [-0.05, 0) is 30.7 Å².